The maximum atomic E-state index is 10.2. The molecule has 0 aromatic heterocycles. The first-order valence-electron chi connectivity index (χ1n) is 6.96. The SMILES string of the molecule is C=C[C@H](C)[C@H](O)[C@@H](C)Cc1cc(OC)c(C)c(OC)c1. The third kappa shape index (κ3) is 3.76. The van der Waals surface area contributed by atoms with Crippen LogP contribution in [-0.4, -0.2) is 25.4 Å². The van der Waals surface area contributed by atoms with Gasteiger partial charge in [-0.1, -0.05) is 19.9 Å². The summed E-state index contributed by atoms with van der Waals surface area (Å²) in [6.45, 7) is 9.73. The molecule has 0 fully saturated rings. The van der Waals surface area contributed by atoms with Gasteiger partial charge in [0.15, 0.2) is 0 Å². The van der Waals surface area contributed by atoms with Gasteiger partial charge in [-0.3, -0.25) is 0 Å². The zero-order valence-corrected chi connectivity index (χ0v) is 13.1. The lowest BCUT2D eigenvalue weighted by Crippen LogP contribution is -2.25. The number of hydrogen-bond donors (Lipinski definition) is 1. The van der Waals surface area contributed by atoms with Crippen LogP contribution in [0.25, 0.3) is 0 Å². The monoisotopic (exact) mass is 278 g/mol. The quantitative estimate of drug-likeness (QED) is 0.777. The molecule has 0 radical (unpaired) electrons. The third-order valence-corrected chi connectivity index (χ3v) is 3.86. The Bertz CT molecular complexity index is 429. The van der Waals surface area contributed by atoms with Crippen LogP contribution in [0.15, 0.2) is 24.8 Å². The van der Waals surface area contributed by atoms with E-state index in [4.69, 9.17) is 9.47 Å². The van der Waals surface area contributed by atoms with Crippen molar-refractivity contribution in [3.05, 3.63) is 35.9 Å². The fraction of sp³-hybridized carbons (Fsp3) is 0.529. The van der Waals surface area contributed by atoms with Crippen LogP contribution < -0.4 is 9.47 Å². The van der Waals surface area contributed by atoms with Gasteiger partial charge in [-0.2, -0.15) is 0 Å². The molecule has 1 aromatic rings. The summed E-state index contributed by atoms with van der Waals surface area (Å²) in [4.78, 5) is 0. The van der Waals surface area contributed by atoms with Crippen LogP contribution in [-0.2, 0) is 6.42 Å². The zero-order valence-electron chi connectivity index (χ0n) is 13.1. The predicted octanol–water partition coefficient (Wildman–Crippen LogP) is 3.37. The summed E-state index contributed by atoms with van der Waals surface area (Å²) >= 11 is 0. The van der Waals surface area contributed by atoms with E-state index in [1.54, 1.807) is 20.3 Å². The van der Waals surface area contributed by atoms with E-state index in [1.165, 1.54) is 0 Å². The summed E-state index contributed by atoms with van der Waals surface area (Å²) in [5.41, 5.74) is 2.10. The molecule has 0 saturated heterocycles. The van der Waals surface area contributed by atoms with Crippen LogP contribution >= 0.6 is 0 Å². The minimum Gasteiger partial charge on any atom is -0.496 e. The van der Waals surface area contributed by atoms with Gasteiger partial charge in [0.2, 0.25) is 0 Å². The summed E-state index contributed by atoms with van der Waals surface area (Å²) in [5.74, 6) is 1.86. The van der Waals surface area contributed by atoms with Crippen LogP contribution in [0.4, 0.5) is 0 Å². The molecule has 112 valence electrons. The Kier molecular flexibility index (Phi) is 6.08. The Morgan fingerprint density at radius 3 is 2.10 bits per heavy atom. The number of ether oxygens (including phenoxy) is 2. The first kappa shape index (κ1) is 16.6. The number of aliphatic hydroxyl groups excluding tert-OH is 1. The first-order valence-corrected chi connectivity index (χ1v) is 6.96. The maximum Gasteiger partial charge on any atom is 0.125 e. The molecular formula is C17H26O3. The molecular weight excluding hydrogens is 252 g/mol. The second-order valence-electron chi connectivity index (χ2n) is 5.39. The molecule has 0 aliphatic heterocycles. The van der Waals surface area contributed by atoms with Crippen molar-refractivity contribution in [3.63, 3.8) is 0 Å². The van der Waals surface area contributed by atoms with E-state index in [9.17, 15) is 5.11 Å². The van der Waals surface area contributed by atoms with Crippen LogP contribution in [0.3, 0.4) is 0 Å². The molecule has 0 aliphatic rings. The molecule has 0 heterocycles. The lowest BCUT2D eigenvalue weighted by molar-refractivity contribution is 0.0832. The third-order valence-electron chi connectivity index (χ3n) is 3.86. The molecule has 1 rings (SSSR count). The molecule has 3 atom stereocenters. The molecule has 0 aliphatic carbocycles. The van der Waals surface area contributed by atoms with Gasteiger partial charge in [0, 0.05) is 5.56 Å². The Balaban J connectivity index is 2.94. The van der Waals surface area contributed by atoms with Gasteiger partial charge in [-0.15, -0.1) is 6.58 Å². The molecule has 1 N–H and O–H groups in total. The average molecular weight is 278 g/mol. The summed E-state index contributed by atoms with van der Waals surface area (Å²) in [5, 5.41) is 10.2. The number of benzene rings is 1. The summed E-state index contributed by atoms with van der Waals surface area (Å²) in [7, 11) is 3.31. The topological polar surface area (TPSA) is 38.7 Å². The summed E-state index contributed by atoms with van der Waals surface area (Å²) in [6.07, 6.45) is 2.16. The van der Waals surface area contributed by atoms with Crippen molar-refractivity contribution in [1.29, 1.82) is 0 Å². The van der Waals surface area contributed by atoms with E-state index in [2.05, 4.69) is 6.58 Å². The largest absolute Gasteiger partial charge is 0.496 e. The second kappa shape index (κ2) is 7.34. The van der Waals surface area contributed by atoms with E-state index in [1.807, 2.05) is 32.9 Å². The first-order chi connectivity index (χ1) is 9.44. The van der Waals surface area contributed by atoms with Crippen LogP contribution in [0.2, 0.25) is 0 Å². The van der Waals surface area contributed by atoms with Gasteiger partial charge in [-0.05, 0) is 42.9 Å². The van der Waals surface area contributed by atoms with Crippen molar-refractivity contribution >= 4 is 0 Å². The fourth-order valence-corrected chi connectivity index (χ4v) is 2.41. The van der Waals surface area contributed by atoms with E-state index in [0.717, 1.165) is 29.0 Å². The van der Waals surface area contributed by atoms with Gasteiger partial charge >= 0.3 is 0 Å². The van der Waals surface area contributed by atoms with Crippen molar-refractivity contribution in [2.75, 3.05) is 14.2 Å². The fourth-order valence-electron chi connectivity index (χ4n) is 2.41. The van der Waals surface area contributed by atoms with Gasteiger partial charge in [0.25, 0.3) is 0 Å². The highest BCUT2D eigenvalue weighted by molar-refractivity contribution is 5.47. The smallest absolute Gasteiger partial charge is 0.125 e. The minimum atomic E-state index is -0.397. The normalized spacial score (nSPS) is 15.3. The summed E-state index contributed by atoms with van der Waals surface area (Å²) < 4.78 is 10.8. The molecule has 0 saturated carbocycles. The van der Waals surface area contributed by atoms with Gasteiger partial charge < -0.3 is 14.6 Å². The molecule has 3 heteroatoms. The zero-order chi connectivity index (χ0) is 15.3. The minimum absolute atomic E-state index is 0.0826. The average Bonchev–Trinajstić information content (AvgIpc) is 2.46. The van der Waals surface area contributed by atoms with Gasteiger partial charge in [0.1, 0.15) is 11.5 Å². The van der Waals surface area contributed by atoms with Crippen LogP contribution in [0.5, 0.6) is 11.5 Å². The van der Waals surface area contributed by atoms with Crippen molar-refractivity contribution in [3.8, 4) is 11.5 Å². The number of hydrogen-bond acceptors (Lipinski definition) is 3. The maximum absolute atomic E-state index is 10.2. The highest BCUT2D eigenvalue weighted by Crippen LogP contribution is 2.31. The Labute approximate surface area is 122 Å². The lowest BCUT2D eigenvalue weighted by Gasteiger charge is -2.23. The molecule has 0 bridgehead atoms. The second-order valence-corrected chi connectivity index (χ2v) is 5.39. The molecule has 20 heavy (non-hydrogen) atoms. The summed E-state index contributed by atoms with van der Waals surface area (Å²) in [6, 6.07) is 4.03. The highest BCUT2D eigenvalue weighted by Gasteiger charge is 2.20. The molecule has 1 aromatic carbocycles. The van der Waals surface area contributed by atoms with E-state index in [-0.39, 0.29) is 11.8 Å². The highest BCUT2D eigenvalue weighted by atomic mass is 16.5. The number of aliphatic hydroxyl groups is 1. The van der Waals surface area contributed by atoms with E-state index in [0.29, 0.717) is 0 Å². The molecule has 0 unspecified atom stereocenters. The molecule has 0 amide bonds. The predicted molar refractivity (Wildman–Crippen MR) is 82.5 cm³/mol. The Hall–Kier alpha value is -1.48. The van der Waals surface area contributed by atoms with Crippen molar-refractivity contribution in [2.45, 2.75) is 33.3 Å². The Morgan fingerprint density at radius 1 is 1.20 bits per heavy atom. The Morgan fingerprint density at radius 2 is 1.70 bits per heavy atom. The van der Waals surface area contributed by atoms with Gasteiger partial charge in [0.05, 0.1) is 20.3 Å². The van der Waals surface area contributed by atoms with E-state index >= 15 is 0 Å². The van der Waals surface area contributed by atoms with Crippen molar-refractivity contribution in [2.24, 2.45) is 11.8 Å². The van der Waals surface area contributed by atoms with Crippen molar-refractivity contribution in [1.82, 2.24) is 0 Å². The van der Waals surface area contributed by atoms with Crippen LogP contribution in [0.1, 0.15) is 25.0 Å². The molecule has 0 spiro atoms. The molecule has 3 nitrogen and oxygen atoms in total. The lowest BCUT2D eigenvalue weighted by atomic mass is 9.88. The number of methoxy groups -OCH3 is 2. The van der Waals surface area contributed by atoms with Gasteiger partial charge in [-0.25, -0.2) is 0 Å². The number of rotatable bonds is 7. The van der Waals surface area contributed by atoms with Crippen LogP contribution in [0, 0.1) is 18.8 Å². The standard InChI is InChI=1S/C17H26O3/c1-7-11(2)17(18)12(3)8-14-9-15(19-5)13(4)16(10-14)20-6/h7,9-12,17-18H,1,8H2,2-6H3/t11-,12-,17-/m0/s1. The van der Waals surface area contributed by atoms with E-state index < -0.39 is 6.10 Å². The van der Waals surface area contributed by atoms with Crippen molar-refractivity contribution < 1.29 is 14.6 Å².